The van der Waals surface area contributed by atoms with Gasteiger partial charge in [0.2, 0.25) is 11.8 Å². The summed E-state index contributed by atoms with van der Waals surface area (Å²) < 4.78 is 23.5. The van der Waals surface area contributed by atoms with Gasteiger partial charge in [0.1, 0.15) is 17.5 Å². The summed E-state index contributed by atoms with van der Waals surface area (Å²) in [5.74, 6) is -2.64. The second-order valence-electron chi connectivity index (χ2n) is 6.72. The molecule has 0 radical (unpaired) electrons. The molecule has 4 atom stereocenters. The van der Waals surface area contributed by atoms with E-state index < -0.39 is 49.8 Å². The SMILES string of the molecule is CC[C@H](C)[C@H](NC(=O)[C@H]1N2C(=O)C[C@H]2S(=O)(=O)C1(C)C)C(=O)O. The number of nitrogens with one attached hydrogen (secondary N) is 1. The van der Waals surface area contributed by atoms with Crippen LogP contribution in [0.3, 0.4) is 0 Å². The lowest BCUT2D eigenvalue weighted by atomic mass is 9.95. The first-order chi connectivity index (χ1) is 10.5. The standard InChI is InChI=1S/C14H22N2O6S/c1-5-7(2)10(13(19)20)15-12(18)11-14(3,4)23(21,22)9-6-8(17)16(9)11/h7,9-11H,5-6H2,1-4H3,(H,15,18)(H,19,20)/t7-,9+,10-,11+/m0/s1. The summed E-state index contributed by atoms with van der Waals surface area (Å²) >= 11 is 0. The third kappa shape index (κ3) is 2.41. The number of carbonyl (C=O) groups is 3. The van der Waals surface area contributed by atoms with Gasteiger partial charge in [-0.15, -0.1) is 0 Å². The number of aliphatic carboxylic acids is 1. The molecule has 2 rings (SSSR count). The molecule has 0 aromatic rings. The van der Waals surface area contributed by atoms with Crippen molar-refractivity contribution in [2.75, 3.05) is 0 Å². The first kappa shape index (κ1) is 17.7. The lowest BCUT2D eigenvalue weighted by Crippen LogP contribution is -2.61. The van der Waals surface area contributed by atoms with Crippen LogP contribution in [-0.4, -0.2) is 58.4 Å². The Bertz CT molecular complexity index is 656. The number of fused-ring (bicyclic) bond motifs is 1. The van der Waals surface area contributed by atoms with Crippen molar-refractivity contribution in [3.05, 3.63) is 0 Å². The highest BCUT2D eigenvalue weighted by atomic mass is 32.2. The van der Waals surface area contributed by atoms with Gasteiger partial charge in [0.15, 0.2) is 9.84 Å². The third-order valence-corrected chi connectivity index (χ3v) is 7.80. The lowest BCUT2D eigenvalue weighted by Gasteiger charge is -2.37. The number of carboxylic acid groups (broad SMARTS) is 1. The summed E-state index contributed by atoms with van der Waals surface area (Å²) in [5, 5.41) is 10.7. The van der Waals surface area contributed by atoms with Crippen molar-refractivity contribution in [3.8, 4) is 0 Å². The molecule has 0 bridgehead atoms. The van der Waals surface area contributed by atoms with Crippen molar-refractivity contribution in [1.29, 1.82) is 0 Å². The molecular formula is C14H22N2O6S. The predicted octanol–water partition coefficient (Wildman–Crippen LogP) is -0.264. The molecule has 0 spiro atoms. The Labute approximate surface area is 135 Å². The average Bonchev–Trinajstić information content (AvgIpc) is 2.57. The van der Waals surface area contributed by atoms with E-state index in [1.807, 2.05) is 0 Å². The normalized spacial score (nSPS) is 30.1. The fourth-order valence-electron chi connectivity index (χ4n) is 3.17. The molecule has 2 fully saturated rings. The second-order valence-corrected chi connectivity index (χ2v) is 9.41. The van der Waals surface area contributed by atoms with Crippen LogP contribution >= 0.6 is 0 Å². The van der Waals surface area contributed by atoms with Crippen molar-refractivity contribution >= 4 is 27.6 Å². The molecule has 2 aliphatic rings. The van der Waals surface area contributed by atoms with E-state index in [1.165, 1.54) is 13.8 Å². The molecular weight excluding hydrogens is 324 g/mol. The molecule has 130 valence electrons. The summed E-state index contributed by atoms with van der Waals surface area (Å²) in [6, 6.07) is -2.33. The summed E-state index contributed by atoms with van der Waals surface area (Å²) in [4.78, 5) is 36.8. The number of β-lactam (4-membered cyclic amide) rings is 1. The van der Waals surface area contributed by atoms with E-state index in [4.69, 9.17) is 0 Å². The lowest BCUT2D eigenvalue weighted by molar-refractivity contribution is -0.151. The van der Waals surface area contributed by atoms with Crippen molar-refractivity contribution < 1.29 is 27.9 Å². The second kappa shape index (κ2) is 5.47. The number of rotatable bonds is 5. The maximum absolute atomic E-state index is 12.6. The summed E-state index contributed by atoms with van der Waals surface area (Å²) in [5.41, 5.74) is 0. The van der Waals surface area contributed by atoms with Crippen LogP contribution in [0.5, 0.6) is 0 Å². The Balaban J connectivity index is 2.31. The maximum Gasteiger partial charge on any atom is 0.326 e. The minimum absolute atomic E-state index is 0.122. The zero-order chi connectivity index (χ0) is 17.7. The molecule has 2 amide bonds. The Kier molecular flexibility index (Phi) is 4.21. The Morgan fingerprint density at radius 2 is 2.00 bits per heavy atom. The van der Waals surface area contributed by atoms with Crippen molar-refractivity contribution in [2.24, 2.45) is 5.92 Å². The van der Waals surface area contributed by atoms with Gasteiger partial charge in [0, 0.05) is 0 Å². The van der Waals surface area contributed by atoms with Crippen LogP contribution < -0.4 is 5.32 Å². The zero-order valence-corrected chi connectivity index (χ0v) is 14.4. The smallest absolute Gasteiger partial charge is 0.326 e. The van der Waals surface area contributed by atoms with Gasteiger partial charge >= 0.3 is 5.97 Å². The van der Waals surface area contributed by atoms with Crippen LogP contribution in [0, 0.1) is 5.92 Å². The van der Waals surface area contributed by atoms with Gasteiger partial charge in [-0.3, -0.25) is 9.59 Å². The topological polar surface area (TPSA) is 121 Å². The Morgan fingerprint density at radius 1 is 1.43 bits per heavy atom. The van der Waals surface area contributed by atoms with Gasteiger partial charge in [-0.25, -0.2) is 13.2 Å². The van der Waals surface area contributed by atoms with E-state index in [0.717, 1.165) is 4.90 Å². The van der Waals surface area contributed by atoms with Crippen molar-refractivity contribution in [2.45, 2.75) is 62.7 Å². The van der Waals surface area contributed by atoms with E-state index in [9.17, 15) is 27.9 Å². The minimum Gasteiger partial charge on any atom is -0.480 e. The fourth-order valence-corrected chi connectivity index (χ4v) is 5.30. The number of hydrogen-bond acceptors (Lipinski definition) is 5. The number of sulfone groups is 1. The molecule has 0 aromatic carbocycles. The van der Waals surface area contributed by atoms with E-state index in [0.29, 0.717) is 6.42 Å². The van der Waals surface area contributed by atoms with Crippen molar-refractivity contribution in [1.82, 2.24) is 10.2 Å². The first-order valence-electron chi connectivity index (χ1n) is 7.54. The van der Waals surface area contributed by atoms with Gasteiger partial charge < -0.3 is 15.3 Å². The van der Waals surface area contributed by atoms with E-state index in [2.05, 4.69) is 5.32 Å². The van der Waals surface area contributed by atoms with Gasteiger partial charge in [-0.05, 0) is 19.8 Å². The highest BCUT2D eigenvalue weighted by Gasteiger charge is 2.67. The van der Waals surface area contributed by atoms with Gasteiger partial charge in [-0.2, -0.15) is 0 Å². The number of hydrogen-bond donors (Lipinski definition) is 2. The molecule has 8 nitrogen and oxygen atoms in total. The summed E-state index contributed by atoms with van der Waals surface area (Å²) in [6.07, 6.45) is 0.415. The Morgan fingerprint density at radius 3 is 2.43 bits per heavy atom. The molecule has 0 unspecified atom stereocenters. The number of carbonyl (C=O) groups excluding carboxylic acids is 2. The highest BCUT2D eigenvalue weighted by molar-refractivity contribution is 7.93. The van der Waals surface area contributed by atoms with Crippen LogP contribution in [0.15, 0.2) is 0 Å². The molecule has 0 saturated carbocycles. The predicted molar refractivity (Wildman–Crippen MR) is 81.1 cm³/mol. The Hall–Kier alpha value is -1.64. The number of carboxylic acids is 1. The van der Waals surface area contributed by atoms with Crippen molar-refractivity contribution in [3.63, 3.8) is 0 Å². The highest BCUT2D eigenvalue weighted by Crippen LogP contribution is 2.45. The molecule has 2 N–H and O–H groups in total. The first-order valence-corrected chi connectivity index (χ1v) is 9.09. The summed E-state index contributed by atoms with van der Waals surface area (Å²) in [6.45, 7) is 6.29. The molecule has 2 saturated heterocycles. The number of nitrogens with zero attached hydrogens (tertiary/aromatic N) is 1. The summed E-state index contributed by atoms with van der Waals surface area (Å²) in [7, 11) is -3.68. The average molecular weight is 346 g/mol. The quantitative estimate of drug-likeness (QED) is 0.661. The van der Waals surface area contributed by atoms with Crippen LogP contribution in [0.4, 0.5) is 0 Å². The van der Waals surface area contributed by atoms with Gasteiger partial charge in [-0.1, -0.05) is 20.3 Å². The van der Waals surface area contributed by atoms with Crippen LogP contribution in [0.25, 0.3) is 0 Å². The van der Waals surface area contributed by atoms with Crippen LogP contribution in [-0.2, 0) is 24.2 Å². The molecule has 0 aliphatic carbocycles. The molecule has 9 heteroatoms. The number of amides is 2. The zero-order valence-electron chi connectivity index (χ0n) is 13.6. The molecule has 0 aromatic heterocycles. The van der Waals surface area contributed by atoms with Gasteiger partial charge in [0.05, 0.1) is 11.2 Å². The van der Waals surface area contributed by atoms with E-state index in [-0.39, 0.29) is 12.3 Å². The van der Waals surface area contributed by atoms with Crippen LogP contribution in [0.2, 0.25) is 0 Å². The van der Waals surface area contributed by atoms with Crippen LogP contribution in [0.1, 0.15) is 40.5 Å². The molecule has 2 aliphatic heterocycles. The largest absolute Gasteiger partial charge is 0.480 e. The van der Waals surface area contributed by atoms with E-state index in [1.54, 1.807) is 13.8 Å². The molecule has 2 heterocycles. The minimum atomic E-state index is -3.68. The van der Waals surface area contributed by atoms with Gasteiger partial charge in [0.25, 0.3) is 0 Å². The fraction of sp³-hybridized carbons (Fsp3) is 0.786. The maximum atomic E-state index is 12.6. The monoisotopic (exact) mass is 346 g/mol. The third-order valence-electron chi connectivity index (χ3n) is 5.00. The molecule has 23 heavy (non-hydrogen) atoms. The van der Waals surface area contributed by atoms with E-state index >= 15 is 0 Å².